The number of hydrogen-bond donors (Lipinski definition) is 1. The first-order chi connectivity index (χ1) is 14.6. The van der Waals surface area contributed by atoms with Gasteiger partial charge in [-0.25, -0.2) is 0 Å². The third-order valence-corrected chi connectivity index (χ3v) is 4.62. The second kappa shape index (κ2) is 8.36. The van der Waals surface area contributed by atoms with Crippen molar-refractivity contribution in [2.45, 2.75) is 0 Å². The molecule has 30 heavy (non-hydrogen) atoms. The Hall–Kier alpha value is -4.32. The van der Waals surface area contributed by atoms with E-state index in [1.807, 2.05) is 54.6 Å². The predicted molar refractivity (Wildman–Crippen MR) is 117 cm³/mol. The lowest BCUT2D eigenvalue weighted by Gasteiger charge is -2.10. The van der Waals surface area contributed by atoms with Gasteiger partial charge in [-0.15, -0.1) is 0 Å². The summed E-state index contributed by atoms with van der Waals surface area (Å²) in [6.45, 7) is 0. The Kier molecular flexibility index (Phi) is 5.30. The molecule has 0 saturated carbocycles. The maximum atomic E-state index is 12.9. The Morgan fingerprint density at radius 2 is 1.63 bits per heavy atom. The number of anilines is 1. The number of carbonyl (C=O) groups is 1. The van der Waals surface area contributed by atoms with Crippen LogP contribution in [0.1, 0.15) is 11.1 Å². The van der Waals surface area contributed by atoms with E-state index in [-0.39, 0.29) is 11.6 Å². The summed E-state index contributed by atoms with van der Waals surface area (Å²) in [5, 5.41) is 15.0. The molecular weight excluding hydrogens is 378 g/mol. The van der Waals surface area contributed by atoms with Crippen LogP contribution in [0, 0.1) is 10.1 Å². The number of amides is 1. The summed E-state index contributed by atoms with van der Waals surface area (Å²) in [4.78, 5) is 28.0. The summed E-state index contributed by atoms with van der Waals surface area (Å²) in [5.74, 6) is -0.349. The molecule has 6 heteroatoms. The number of nitrogens with zero attached hydrogens (tertiary/aromatic N) is 2. The third-order valence-electron chi connectivity index (χ3n) is 4.62. The fraction of sp³-hybridized carbons (Fsp3) is 0. The minimum absolute atomic E-state index is 0.0343. The highest BCUT2D eigenvalue weighted by atomic mass is 16.6. The Morgan fingerprint density at radius 1 is 0.900 bits per heavy atom. The van der Waals surface area contributed by atoms with E-state index in [1.165, 1.54) is 18.2 Å². The van der Waals surface area contributed by atoms with Crippen molar-refractivity contribution in [3.8, 4) is 0 Å². The lowest BCUT2D eigenvalue weighted by molar-refractivity contribution is -0.384. The first-order valence-electron chi connectivity index (χ1n) is 9.28. The van der Waals surface area contributed by atoms with Crippen molar-refractivity contribution < 1.29 is 9.72 Å². The lowest BCUT2D eigenvalue weighted by atomic mass is 9.97. The van der Waals surface area contributed by atoms with Crippen molar-refractivity contribution in [1.82, 2.24) is 4.98 Å². The van der Waals surface area contributed by atoms with Crippen LogP contribution in [-0.4, -0.2) is 15.8 Å². The molecule has 0 bridgehead atoms. The molecule has 0 radical (unpaired) electrons. The van der Waals surface area contributed by atoms with Crippen molar-refractivity contribution in [1.29, 1.82) is 0 Å². The van der Waals surface area contributed by atoms with Gasteiger partial charge in [0, 0.05) is 29.8 Å². The fourth-order valence-electron chi connectivity index (χ4n) is 3.24. The van der Waals surface area contributed by atoms with E-state index in [0.717, 1.165) is 10.9 Å². The van der Waals surface area contributed by atoms with Crippen molar-refractivity contribution in [2.24, 2.45) is 0 Å². The number of nitrogens with one attached hydrogen (secondary N) is 1. The number of para-hydroxylation sites is 1. The van der Waals surface area contributed by atoms with Gasteiger partial charge in [0.15, 0.2) is 0 Å². The minimum atomic E-state index is -0.450. The monoisotopic (exact) mass is 395 g/mol. The smallest absolute Gasteiger partial charge is 0.270 e. The van der Waals surface area contributed by atoms with Crippen LogP contribution >= 0.6 is 0 Å². The zero-order valence-electron chi connectivity index (χ0n) is 15.9. The molecule has 1 aromatic heterocycles. The number of nitro groups is 1. The van der Waals surface area contributed by atoms with Crippen molar-refractivity contribution in [2.75, 3.05) is 5.32 Å². The maximum Gasteiger partial charge on any atom is 0.270 e. The molecule has 0 aliphatic rings. The molecule has 1 amide bonds. The van der Waals surface area contributed by atoms with Crippen LogP contribution < -0.4 is 5.32 Å². The number of hydrogen-bond acceptors (Lipinski definition) is 4. The molecule has 146 valence electrons. The molecule has 4 aromatic rings. The summed E-state index contributed by atoms with van der Waals surface area (Å²) < 4.78 is 0. The van der Waals surface area contributed by atoms with Crippen LogP contribution in [0.15, 0.2) is 97.2 Å². The van der Waals surface area contributed by atoms with Crippen LogP contribution in [0.2, 0.25) is 0 Å². The van der Waals surface area contributed by atoms with E-state index < -0.39 is 4.92 Å². The maximum absolute atomic E-state index is 12.9. The number of nitro benzene ring substituents is 1. The topological polar surface area (TPSA) is 85.1 Å². The zero-order chi connectivity index (χ0) is 20.9. The van der Waals surface area contributed by atoms with Crippen LogP contribution in [0.4, 0.5) is 11.4 Å². The van der Waals surface area contributed by atoms with Crippen LogP contribution in [0.3, 0.4) is 0 Å². The van der Waals surface area contributed by atoms with E-state index in [1.54, 1.807) is 24.4 Å². The number of aromatic nitrogens is 1. The molecule has 3 aromatic carbocycles. The summed E-state index contributed by atoms with van der Waals surface area (Å²) in [6, 6.07) is 24.9. The molecule has 0 spiro atoms. The fourth-order valence-corrected chi connectivity index (χ4v) is 3.24. The predicted octanol–water partition coefficient (Wildman–Crippen LogP) is 5.21. The number of pyridine rings is 1. The first kappa shape index (κ1) is 19.0. The Bertz CT molecular complexity index is 1260. The number of rotatable bonds is 5. The molecule has 0 fully saturated rings. The van der Waals surface area contributed by atoms with Gasteiger partial charge in [-0.05, 0) is 28.8 Å². The van der Waals surface area contributed by atoms with E-state index >= 15 is 0 Å². The molecule has 4 rings (SSSR count). The van der Waals surface area contributed by atoms with Crippen molar-refractivity contribution in [3.05, 3.63) is 118 Å². The van der Waals surface area contributed by atoms with Crippen LogP contribution in [-0.2, 0) is 4.79 Å². The largest absolute Gasteiger partial charge is 0.321 e. The number of carbonyl (C=O) groups excluding carboxylic acids is 1. The number of non-ortho nitro benzene ring substituents is 1. The van der Waals surface area contributed by atoms with E-state index in [2.05, 4.69) is 10.3 Å². The van der Waals surface area contributed by atoms with Crippen LogP contribution in [0.25, 0.3) is 16.5 Å². The van der Waals surface area contributed by atoms with E-state index in [9.17, 15) is 14.9 Å². The summed E-state index contributed by atoms with van der Waals surface area (Å²) in [7, 11) is 0. The summed E-state index contributed by atoms with van der Waals surface area (Å²) in [5.41, 5.74) is 3.21. The second-order valence-electron chi connectivity index (χ2n) is 6.60. The quantitative estimate of drug-likeness (QED) is 0.285. The van der Waals surface area contributed by atoms with Gasteiger partial charge in [0.1, 0.15) is 0 Å². The average Bonchev–Trinajstić information content (AvgIpc) is 2.78. The van der Waals surface area contributed by atoms with Crippen molar-refractivity contribution in [3.63, 3.8) is 0 Å². The molecule has 0 aliphatic heterocycles. The highest BCUT2D eigenvalue weighted by Crippen LogP contribution is 2.27. The molecular formula is C24H17N3O3. The van der Waals surface area contributed by atoms with Crippen LogP contribution in [0.5, 0.6) is 0 Å². The molecule has 0 saturated heterocycles. The first-order valence-corrected chi connectivity index (χ1v) is 9.28. The molecule has 0 aliphatic carbocycles. The van der Waals surface area contributed by atoms with Gasteiger partial charge < -0.3 is 5.32 Å². The molecule has 6 nitrogen and oxygen atoms in total. The van der Waals surface area contributed by atoms with Gasteiger partial charge in [-0.1, -0.05) is 60.7 Å². The highest BCUT2D eigenvalue weighted by molar-refractivity contribution is 6.09. The summed E-state index contributed by atoms with van der Waals surface area (Å²) >= 11 is 0. The average molecular weight is 395 g/mol. The SMILES string of the molecule is O=C(/C=C(/c1ccccc1)c1cccc([N+](=O)[O-])c1)Nc1cccc2cccnc12. The van der Waals surface area contributed by atoms with E-state index in [4.69, 9.17) is 0 Å². The van der Waals surface area contributed by atoms with Crippen molar-refractivity contribution >= 4 is 33.8 Å². The van der Waals surface area contributed by atoms with Gasteiger partial charge in [-0.2, -0.15) is 0 Å². The van der Waals surface area contributed by atoms with Gasteiger partial charge in [0.2, 0.25) is 5.91 Å². The summed E-state index contributed by atoms with van der Waals surface area (Å²) in [6.07, 6.45) is 3.13. The van der Waals surface area contributed by atoms with Gasteiger partial charge in [0.05, 0.1) is 16.1 Å². The third kappa shape index (κ3) is 4.07. The second-order valence-corrected chi connectivity index (χ2v) is 6.60. The molecule has 0 atom stereocenters. The highest BCUT2D eigenvalue weighted by Gasteiger charge is 2.13. The Balaban J connectivity index is 1.74. The van der Waals surface area contributed by atoms with E-state index in [0.29, 0.717) is 22.3 Å². The number of fused-ring (bicyclic) bond motifs is 1. The normalized spacial score (nSPS) is 11.3. The minimum Gasteiger partial charge on any atom is -0.321 e. The molecule has 1 N–H and O–H groups in total. The lowest BCUT2D eigenvalue weighted by Crippen LogP contribution is -2.10. The Labute approximate surface area is 172 Å². The molecule has 0 unspecified atom stereocenters. The molecule has 1 heterocycles. The standard InChI is InChI=1S/C24H17N3O3/c28-23(26-22-13-5-9-18-11-6-14-25-24(18)22)16-21(17-7-2-1-3-8-17)19-10-4-12-20(15-19)27(29)30/h1-16H,(H,26,28)/b21-16-. The Morgan fingerprint density at radius 3 is 2.43 bits per heavy atom. The van der Waals surface area contributed by atoms with Gasteiger partial charge in [0.25, 0.3) is 5.69 Å². The number of benzene rings is 3. The van der Waals surface area contributed by atoms with Gasteiger partial charge >= 0.3 is 0 Å². The van der Waals surface area contributed by atoms with Gasteiger partial charge in [-0.3, -0.25) is 19.9 Å². The zero-order valence-corrected chi connectivity index (χ0v) is 15.9.